The van der Waals surface area contributed by atoms with Crippen LogP contribution in [0.4, 0.5) is 11.6 Å². The van der Waals surface area contributed by atoms with E-state index in [1.165, 1.54) is 38.4 Å². The van der Waals surface area contributed by atoms with Gasteiger partial charge in [0.25, 0.3) is 0 Å². The molecule has 0 saturated carbocycles. The van der Waals surface area contributed by atoms with Gasteiger partial charge in [-0.25, -0.2) is 9.97 Å². The zero-order valence-corrected chi connectivity index (χ0v) is 12.3. The largest absolute Gasteiger partial charge is 0.490 e. The quantitative estimate of drug-likeness (QED) is 0.636. The fraction of sp³-hybridized carbons (Fsp3) is 0.714. The zero-order valence-electron chi connectivity index (χ0n) is 12.3. The highest BCUT2D eigenvalue weighted by Crippen LogP contribution is 2.28. The van der Waals surface area contributed by atoms with Gasteiger partial charge in [0.15, 0.2) is 11.6 Å². The summed E-state index contributed by atoms with van der Waals surface area (Å²) in [5.41, 5.74) is 0. The second-order valence-electron chi connectivity index (χ2n) is 4.55. The fourth-order valence-corrected chi connectivity index (χ4v) is 1.98. The lowest BCUT2D eigenvalue weighted by molar-refractivity contribution is 0.415. The van der Waals surface area contributed by atoms with Crippen molar-refractivity contribution in [2.24, 2.45) is 0 Å². The molecule has 0 spiro atoms. The Kier molecular flexibility index (Phi) is 7.70. The van der Waals surface area contributed by atoms with Crippen LogP contribution in [0.1, 0.15) is 45.4 Å². The van der Waals surface area contributed by atoms with Crippen LogP contribution < -0.4 is 15.4 Å². The van der Waals surface area contributed by atoms with Gasteiger partial charge in [0.05, 0.1) is 7.11 Å². The van der Waals surface area contributed by atoms with Crippen molar-refractivity contribution in [2.75, 3.05) is 31.3 Å². The van der Waals surface area contributed by atoms with Crippen LogP contribution in [0.2, 0.25) is 0 Å². The smallest absolute Gasteiger partial charge is 0.204 e. The summed E-state index contributed by atoms with van der Waals surface area (Å²) in [4.78, 5) is 8.34. The number of nitrogens with one attached hydrogen (secondary N) is 2. The topological polar surface area (TPSA) is 59.1 Å². The predicted molar refractivity (Wildman–Crippen MR) is 80.0 cm³/mol. The van der Waals surface area contributed by atoms with Crippen molar-refractivity contribution >= 4 is 11.6 Å². The number of ether oxygens (including phenoxy) is 1. The normalized spacial score (nSPS) is 10.3. The van der Waals surface area contributed by atoms with E-state index < -0.39 is 0 Å². The van der Waals surface area contributed by atoms with E-state index in [1.807, 2.05) is 7.05 Å². The highest BCUT2D eigenvalue weighted by Gasteiger charge is 2.09. The maximum absolute atomic E-state index is 5.33. The molecule has 19 heavy (non-hydrogen) atoms. The van der Waals surface area contributed by atoms with Crippen LogP contribution in [-0.2, 0) is 0 Å². The molecule has 0 amide bonds. The van der Waals surface area contributed by atoms with Gasteiger partial charge in [-0.2, -0.15) is 0 Å². The zero-order chi connectivity index (χ0) is 13.9. The van der Waals surface area contributed by atoms with Crippen LogP contribution in [0.3, 0.4) is 0 Å². The summed E-state index contributed by atoms with van der Waals surface area (Å²) < 4.78 is 5.33. The molecule has 0 fully saturated rings. The number of hydrogen-bond acceptors (Lipinski definition) is 5. The van der Waals surface area contributed by atoms with Gasteiger partial charge in [0.1, 0.15) is 6.33 Å². The highest BCUT2D eigenvalue weighted by molar-refractivity contribution is 5.63. The van der Waals surface area contributed by atoms with Gasteiger partial charge in [-0.15, -0.1) is 0 Å². The van der Waals surface area contributed by atoms with Gasteiger partial charge in [-0.05, 0) is 6.42 Å². The lowest BCUT2D eigenvalue weighted by atomic mass is 10.1. The number of nitrogens with zero attached hydrogens (tertiary/aromatic N) is 2. The Morgan fingerprint density at radius 3 is 2.42 bits per heavy atom. The molecule has 0 atom stereocenters. The summed E-state index contributed by atoms with van der Waals surface area (Å²) in [6.45, 7) is 3.16. The fourth-order valence-electron chi connectivity index (χ4n) is 1.98. The molecule has 1 aromatic rings. The molecule has 0 aliphatic heterocycles. The first-order chi connectivity index (χ1) is 9.33. The van der Waals surface area contributed by atoms with Crippen molar-refractivity contribution in [3.05, 3.63) is 6.33 Å². The molecule has 0 aliphatic carbocycles. The molecule has 0 bridgehead atoms. The average molecular weight is 266 g/mol. The van der Waals surface area contributed by atoms with Gasteiger partial charge >= 0.3 is 0 Å². The third-order valence-corrected chi connectivity index (χ3v) is 3.07. The lowest BCUT2D eigenvalue weighted by Crippen LogP contribution is -2.07. The second-order valence-corrected chi connectivity index (χ2v) is 4.55. The number of anilines is 2. The first-order valence-electron chi connectivity index (χ1n) is 7.14. The van der Waals surface area contributed by atoms with E-state index in [0.29, 0.717) is 11.6 Å². The monoisotopic (exact) mass is 266 g/mol. The van der Waals surface area contributed by atoms with Crippen molar-refractivity contribution in [1.29, 1.82) is 0 Å². The Labute approximate surface area is 116 Å². The molecule has 0 aliphatic rings. The van der Waals surface area contributed by atoms with Crippen LogP contribution in [0.25, 0.3) is 0 Å². The van der Waals surface area contributed by atoms with E-state index in [-0.39, 0.29) is 0 Å². The summed E-state index contributed by atoms with van der Waals surface area (Å²) in [6, 6.07) is 0. The van der Waals surface area contributed by atoms with Crippen molar-refractivity contribution in [3.63, 3.8) is 0 Å². The lowest BCUT2D eigenvalue weighted by Gasteiger charge is -2.12. The molecule has 5 heteroatoms. The van der Waals surface area contributed by atoms with Crippen LogP contribution in [0, 0.1) is 0 Å². The molecule has 2 N–H and O–H groups in total. The van der Waals surface area contributed by atoms with Gasteiger partial charge < -0.3 is 15.4 Å². The molecule has 0 saturated heterocycles. The van der Waals surface area contributed by atoms with Crippen LogP contribution in [0.15, 0.2) is 6.33 Å². The third-order valence-electron chi connectivity index (χ3n) is 3.07. The number of hydrogen-bond donors (Lipinski definition) is 2. The van der Waals surface area contributed by atoms with Gasteiger partial charge in [-0.3, -0.25) is 0 Å². The summed E-state index contributed by atoms with van der Waals surface area (Å²) in [6.07, 6.45) is 9.26. The van der Waals surface area contributed by atoms with E-state index in [1.54, 1.807) is 7.11 Å². The maximum Gasteiger partial charge on any atom is 0.204 e. The third kappa shape index (κ3) is 5.32. The Morgan fingerprint density at radius 1 is 1.05 bits per heavy atom. The molecule has 1 rings (SSSR count). The first kappa shape index (κ1) is 15.5. The van der Waals surface area contributed by atoms with Crippen molar-refractivity contribution < 1.29 is 4.74 Å². The minimum absolute atomic E-state index is 0.677. The van der Waals surface area contributed by atoms with E-state index in [9.17, 15) is 0 Å². The van der Waals surface area contributed by atoms with E-state index in [0.717, 1.165) is 18.8 Å². The number of aromatic nitrogens is 2. The summed E-state index contributed by atoms with van der Waals surface area (Å²) in [5.74, 6) is 2.15. The molecule has 0 radical (unpaired) electrons. The van der Waals surface area contributed by atoms with E-state index in [4.69, 9.17) is 4.74 Å². The van der Waals surface area contributed by atoms with Crippen LogP contribution in [0.5, 0.6) is 5.75 Å². The Morgan fingerprint density at radius 2 is 1.74 bits per heavy atom. The van der Waals surface area contributed by atoms with Crippen molar-refractivity contribution in [2.45, 2.75) is 45.4 Å². The maximum atomic E-state index is 5.33. The average Bonchev–Trinajstić information content (AvgIpc) is 2.45. The van der Waals surface area contributed by atoms with Crippen molar-refractivity contribution in [3.8, 4) is 5.75 Å². The minimum Gasteiger partial charge on any atom is -0.490 e. The molecular weight excluding hydrogens is 240 g/mol. The van der Waals surface area contributed by atoms with E-state index >= 15 is 0 Å². The molecule has 1 heterocycles. The summed E-state index contributed by atoms with van der Waals surface area (Å²) in [7, 11) is 3.46. The second kappa shape index (κ2) is 9.42. The SMILES string of the molecule is CCCCCCCCNc1ncnc(NC)c1OC. The van der Waals surface area contributed by atoms with Gasteiger partial charge in [0, 0.05) is 13.6 Å². The van der Waals surface area contributed by atoms with Crippen molar-refractivity contribution in [1.82, 2.24) is 9.97 Å². The highest BCUT2D eigenvalue weighted by atomic mass is 16.5. The molecule has 0 unspecified atom stereocenters. The standard InChI is InChI=1S/C14H26N4O/c1-4-5-6-7-8-9-10-16-14-12(19-3)13(15-2)17-11-18-14/h11H,4-10H2,1-3H3,(H2,15,16,17,18). The number of unbranched alkanes of at least 4 members (excludes halogenated alkanes) is 5. The Balaban J connectivity index is 2.33. The first-order valence-corrected chi connectivity index (χ1v) is 7.14. The van der Waals surface area contributed by atoms with Gasteiger partial charge in [0.2, 0.25) is 5.75 Å². The minimum atomic E-state index is 0.677. The van der Waals surface area contributed by atoms with Crippen LogP contribution >= 0.6 is 0 Å². The molecule has 0 aromatic carbocycles. The van der Waals surface area contributed by atoms with E-state index in [2.05, 4.69) is 27.5 Å². The molecular formula is C14H26N4O. The van der Waals surface area contributed by atoms with Gasteiger partial charge in [-0.1, -0.05) is 39.0 Å². The number of methoxy groups -OCH3 is 1. The Bertz CT molecular complexity index is 357. The summed E-state index contributed by atoms with van der Waals surface area (Å²) >= 11 is 0. The molecule has 5 nitrogen and oxygen atoms in total. The number of rotatable bonds is 10. The molecule has 1 aromatic heterocycles. The summed E-state index contributed by atoms with van der Waals surface area (Å²) in [5, 5.41) is 6.31. The predicted octanol–water partition coefficient (Wildman–Crippen LogP) is 3.30. The Hall–Kier alpha value is -1.52. The van der Waals surface area contributed by atoms with Crippen LogP contribution in [-0.4, -0.2) is 30.7 Å². The molecule has 108 valence electrons.